The summed E-state index contributed by atoms with van der Waals surface area (Å²) in [5.74, 6) is 0.774. The van der Waals surface area contributed by atoms with Crippen molar-refractivity contribution in [3.63, 3.8) is 0 Å². The van der Waals surface area contributed by atoms with Crippen LogP contribution < -0.4 is 15.8 Å². The molecule has 3 N–H and O–H groups in total. The lowest BCUT2D eigenvalue weighted by atomic mass is 10.1. The van der Waals surface area contributed by atoms with Crippen molar-refractivity contribution in [1.29, 1.82) is 0 Å². The van der Waals surface area contributed by atoms with Gasteiger partial charge in [-0.1, -0.05) is 55.8 Å². The van der Waals surface area contributed by atoms with E-state index in [4.69, 9.17) is 10.5 Å². The Bertz CT molecular complexity index is 611. The molecule has 2 aromatic rings. The largest absolute Gasteiger partial charge is 0.489 e. The quantitative estimate of drug-likeness (QED) is 0.744. The summed E-state index contributed by atoms with van der Waals surface area (Å²) in [6.45, 7) is 3.18. The van der Waals surface area contributed by atoms with Gasteiger partial charge in [-0.05, 0) is 36.1 Å². The first-order valence-electron chi connectivity index (χ1n) is 8.48. The molecule has 2 rings (SSSR count). The summed E-state index contributed by atoms with van der Waals surface area (Å²) < 4.78 is 5.76. The maximum Gasteiger partial charge on any atom is 0.236 e. The Kier molecular flexibility index (Phi) is 7.30. The average Bonchev–Trinajstić information content (AvgIpc) is 2.62. The van der Waals surface area contributed by atoms with Gasteiger partial charge in [-0.3, -0.25) is 4.79 Å². The van der Waals surface area contributed by atoms with Gasteiger partial charge in [0.2, 0.25) is 5.91 Å². The summed E-state index contributed by atoms with van der Waals surface area (Å²) in [5, 5.41) is 2.88. The van der Waals surface area contributed by atoms with Crippen LogP contribution in [0.15, 0.2) is 54.6 Å². The fourth-order valence-corrected chi connectivity index (χ4v) is 2.40. The van der Waals surface area contributed by atoms with Gasteiger partial charge in [0.25, 0.3) is 0 Å². The Morgan fingerprint density at radius 1 is 1.08 bits per heavy atom. The van der Waals surface area contributed by atoms with E-state index in [0.717, 1.165) is 36.1 Å². The minimum atomic E-state index is -0.399. The van der Waals surface area contributed by atoms with Crippen LogP contribution in [0.2, 0.25) is 0 Å². The summed E-state index contributed by atoms with van der Waals surface area (Å²) in [5.41, 5.74) is 8.08. The van der Waals surface area contributed by atoms with E-state index in [1.165, 1.54) is 0 Å². The zero-order chi connectivity index (χ0) is 17.2. The Balaban J connectivity index is 1.73. The van der Waals surface area contributed by atoms with Gasteiger partial charge in [0.05, 0.1) is 6.04 Å². The number of hydrogen-bond acceptors (Lipinski definition) is 3. The van der Waals surface area contributed by atoms with E-state index in [1.54, 1.807) is 0 Å². The highest BCUT2D eigenvalue weighted by molar-refractivity contribution is 5.81. The minimum Gasteiger partial charge on any atom is -0.489 e. The predicted octanol–water partition coefficient (Wildman–Crippen LogP) is 3.05. The van der Waals surface area contributed by atoms with E-state index in [9.17, 15) is 4.79 Å². The molecule has 1 unspecified atom stereocenters. The molecule has 0 spiro atoms. The molecule has 1 atom stereocenters. The summed E-state index contributed by atoms with van der Waals surface area (Å²) >= 11 is 0. The molecule has 0 aromatic heterocycles. The number of rotatable bonds is 9. The molecule has 0 bridgehead atoms. The number of carbonyl (C=O) groups is 1. The highest BCUT2D eigenvalue weighted by Crippen LogP contribution is 2.14. The normalized spacial score (nSPS) is 11.8. The van der Waals surface area contributed by atoms with Crippen LogP contribution in [0.3, 0.4) is 0 Å². The van der Waals surface area contributed by atoms with Crippen LogP contribution >= 0.6 is 0 Å². The van der Waals surface area contributed by atoms with Gasteiger partial charge < -0.3 is 15.8 Å². The first kappa shape index (κ1) is 18.0. The van der Waals surface area contributed by atoms with Crippen LogP contribution in [0.1, 0.15) is 30.9 Å². The molecule has 0 aliphatic rings. The zero-order valence-electron chi connectivity index (χ0n) is 14.2. The molecule has 0 aliphatic carbocycles. The van der Waals surface area contributed by atoms with Crippen molar-refractivity contribution in [2.45, 2.75) is 38.8 Å². The first-order valence-corrected chi connectivity index (χ1v) is 8.48. The monoisotopic (exact) mass is 326 g/mol. The molecule has 4 nitrogen and oxygen atoms in total. The lowest BCUT2D eigenvalue weighted by Crippen LogP contribution is -2.41. The zero-order valence-corrected chi connectivity index (χ0v) is 14.2. The number of nitrogens with two attached hydrogens (primary N) is 1. The van der Waals surface area contributed by atoms with Crippen molar-refractivity contribution >= 4 is 5.91 Å². The minimum absolute atomic E-state index is 0.0698. The van der Waals surface area contributed by atoms with Crippen LogP contribution in [0.5, 0.6) is 5.75 Å². The smallest absolute Gasteiger partial charge is 0.236 e. The lowest BCUT2D eigenvalue weighted by Gasteiger charge is -2.11. The topological polar surface area (TPSA) is 64.4 Å². The number of benzene rings is 2. The third-order valence-corrected chi connectivity index (χ3v) is 3.82. The van der Waals surface area contributed by atoms with E-state index >= 15 is 0 Å². The molecule has 0 heterocycles. The second-order valence-corrected chi connectivity index (χ2v) is 5.85. The molecule has 1 amide bonds. The van der Waals surface area contributed by atoms with Crippen molar-refractivity contribution in [1.82, 2.24) is 5.32 Å². The Morgan fingerprint density at radius 3 is 2.46 bits per heavy atom. The number of carbonyl (C=O) groups excluding carboxylic acids is 1. The van der Waals surface area contributed by atoms with Gasteiger partial charge in [0.15, 0.2) is 0 Å². The van der Waals surface area contributed by atoms with Crippen molar-refractivity contribution in [3.05, 3.63) is 65.7 Å². The maximum atomic E-state index is 11.7. The van der Waals surface area contributed by atoms with Crippen LogP contribution in [-0.2, 0) is 17.8 Å². The molecule has 4 heteroatoms. The number of amides is 1. The van der Waals surface area contributed by atoms with Gasteiger partial charge in [0, 0.05) is 6.54 Å². The highest BCUT2D eigenvalue weighted by atomic mass is 16.5. The van der Waals surface area contributed by atoms with E-state index < -0.39 is 6.04 Å². The van der Waals surface area contributed by atoms with Gasteiger partial charge >= 0.3 is 0 Å². The molecule has 0 aliphatic heterocycles. The predicted molar refractivity (Wildman–Crippen MR) is 96.8 cm³/mol. The maximum absolute atomic E-state index is 11.7. The van der Waals surface area contributed by atoms with Gasteiger partial charge in [-0.15, -0.1) is 0 Å². The lowest BCUT2D eigenvalue weighted by molar-refractivity contribution is -0.122. The molecular weight excluding hydrogens is 300 g/mol. The molecule has 128 valence electrons. The summed E-state index contributed by atoms with van der Waals surface area (Å²) in [7, 11) is 0. The summed E-state index contributed by atoms with van der Waals surface area (Å²) in [6.07, 6.45) is 2.42. The first-order chi connectivity index (χ1) is 11.7. The fraction of sp³-hybridized carbons (Fsp3) is 0.350. The third kappa shape index (κ3) is 6.05. The molecular formula is C20H26N2O2. The van der Waals surface area contributed by atoms with E-state index in [2.05, 4.69) is 5.32 Å². The molecule has 0 radical (unpaired) electrons. The van der Waals surface area contributed by atoms with Crippen molar-refractivity contribution in [2.75, 3.05) is 6.54 Å². The molecule has 24 heavy (non-hydrogen) atoms. The fourth-order valence-electron chi connectivity index (χ4n) is 2.40. The Hall–Kier alpha value is -2.33. The SMILES string of the molecule is CCCC(N)C(=O)NCCc1ccc(OCc2ccccc2)cc1. The highest BCUT2D eigenvalue weighted by Gasteiger charge is 2.10. The van der Waals surface area contributed by atoms with Gasteiger partial charge in [-0.2, -0.15) is 0 Å². The standard InChI is InChI=1S/C20H26N2O2/c1-2-6-19(21)20(23)22-14-13-16-9-11-18(12-10-16)24-15-17-7-4-3-5-8-17/h3-5,7-12,19H,2,6,13-15,21H2,1H3,(H,22,23). The second kappa shape index (κ2) is 9.73. The summed E-state index contributed by atoms with van der Waals surface area (Å²) in [6, 6.07) is 17.7. The molecule has 0 saturated carbocycles. The van der Waals surface area contributed by atoms with Crippen LogP contribution in [0, 0.1) is 0 Å². The second-order valence-electron chi connectivity index (χ2n) is 5.85. The Labute approximate surface area is 144 Å². The third-order valence-electron chi connectivity index (χ3n) is 3.82. The van der Waals surface area contributed by atoms with E-state index in [0.29, 0.717) is 13.2 Å². The van der Waals surface area contributed by atoms with Crippen LogP contribution in [0.4, 0.5) is 0 Å². The van der Waals surface area contributed by atoms with Gasteiger partial charge in [-0.25, -0.2) is 0 Å². The van der Waals surface area contributed by atoms with Crippen molar-refractivity contribution < 1.29 is 9.53 Å². The summed E-state index contributed by atoms with van der Waals surface area (Å²) in [4.78, 5) is 11.7. The van der Waals surface area contributed by atoms with Crippen molar-refractivity contribution in [3.8, 4) is 5.75 Å². The number of nitrogens with one attached hydrogen (secondary N) is 1. The van der Waals surface area contributed by atoms with Crippen LogP contribution in [-0.4, -0.2) is 18.5 Å². The number of hydrogen-bond donors (Lipinski definition) is 2. The van der Waals surface area contributed by atoms with E-state index in [-0.39, 0.29) is 5.91 Å². The van der Waals surface area contributed by atoms with Crippen molar-refractivity contribution in [2.24, 2.45) is 5.73 Å². The number of ether oxygens (including phenoxy) is 1. The molecule has 0 fully saturated rings. The van der Waals surface area contributed by atoms with Crippen LogP contribution in [0.25, 0.3) is 0 Å². The van der Waals surface area contributed by atoms with E-state index in [1.807, 2.05) is 61.5 Å². The Morgan fingerprint density at radius 2 is 1.79 bits per heavy atom. The van der Waals surface area contributed by atoms with Gasteiger partial charge in [0.1, 0.15) is 12.4 Å². The molecule has 2 aromatic carbocycles. The molecule has 0 saturated heterocycles. The average molecular weight is 326 g/mol.